The molecule has 0 radical (unpaired) electrons. The summed E-state index contributed by atoms with van der Waals surface area (Å²) in [6, 6.07) is 8.41. The van der Waals surface area contributed by atoms with Gasteiger partial charge in [-0.3, -0.25) is 9.98 Å². The lowest BCUT2D eigenvalue weighted by molar-refractivity contribution is 0.243. The zero-order chi connectivity index (χ0) is 31.0. The van der Waals surface area contributed by atoms with E-state index in [0.29, 0.717) is 31.0 Å². The fraction of sp³-hybridized carbons (Fsp3) is 0.600. The molecular formula is C35H54N4O2. The van der Waals surface area contributed by atoms with E-state index in [4.69, 9.17) is 9.98 Å². The average molecular weight is 563 g/mol. The van der Waals surface area contributed by atoms with E-state index in [1.54, 1.807) is 0 Å². The monoisotopic (exact) mass is 562 g/mol. The van der Waals surface area contributed by atoms with Crippen molar-refractivity contribution in [1.29, 1.82) is 0 Å². The fourth-order valence-electron chi connectivity index (χ4n) is 5.46. The molecule has 2 aromatic carbocycles. The maximum Gasteiger partial charge on any atom is 0.128 e. The van der Waals surface area contributed by atoms with E-state index in [1.165, 1.54) is 11.1 Å². The number of hydrogen-bond acceptors (Lipinski definition) is 6. The van der Waals surface area contributed by atoms with E-state index >= 15 is 0 Å². The maximum atomic E-state index is 11.3. The van der Waals surface area contributed by atoms with Crippen molar-refractivity contribution in [2.75, 3.05) is 27.2 Å². The Bertz CT molecular complexity index is 1190. The number of phenols is 2. The van der Waals surface area contributed by atoms with Gasteiger partial charge in [0, 0.05) is 60.9 Å². The Balaban J connectivity index is 2.13. The van der Waals surface area contributed by atoms with Gasteiger partial charge in [0.15, 0.2) is 0 Å². The SMILES string of the molecule is CN1CCN(C)Cc2cc(C(C)(C)C)cc(c2O)/C=N/C(C)(C)CC(C)(C)/N=C/c2cc(C(C)(C)C)cc(c2O)C1. The smallest absolute Gasteiger partial charge is 0.128 e. The molecule has 0 spiro atoms. The molecule has 6 heteroatoms. The van der Waals surface area contributed by atoms with Crippen LogP contribution < -0.4 is 0 Å². The van der Waals surface area contributed by atoms with Gasteiger partial charge in [0.2, 0.25) is 0 Å². The van der Waals surface area contributed by atoms with Gasteiger partial charge in [-0.1, -0.05) is 53.7 Å². The van der Waals surface area contributed by atoms with Gasteiger partial charge in [-0.25, -0.2) is 0 Å². The minimum Gasteiger partial charge on any atom is -0.507 e. The van der Waals surface area contributed by atoms with Gasteiger partial charge in [0.1, 0.15) is 11.5 Å². The Morgan fingerprint density at radius 3 is 1.29 bits per heavy atom. The highest BCUT2D eigenvalue weighted by Crippen LogP contribution is 2.34. The second kappa shape index (κ2) is 11.9. The molecule has 3 rings (SSSR count). The second-order valence-electron chi connectivity index (χ2n) is 15.4. The van der Waals surface area contributed by atoms with Crippen molar-refractivity contribution in [3.63, 3.8) is 0 Å². The molecule has 0 unspecified atom stereocenters. The summed E-state index contributed by atoms with van der Waals surface area (Å²) in [5.74, 6) is 0.590. The van der Waals surface area contributed by atoms with Crippen molar-refractivity contribution in [2.45, 2.75) is 111 Å². The van der Waals surface area contributed by atoms with Crippen LogP contribution in [-0.4, -0.2) is 70.7 Å². The third-order valence-corrected chi connectivity index (χ3v) is 7.88. The lowest BCUT2D eigenvalue weighted by atomic mass is 9.84. The Kier molecular flexibility index (Phi) is 9.51. The predicted octanol–water partition coefficient (Wildman–Crippen LogP) is 7.06. The Morgan fingerprint density at radius 2 is 0.976 bits per heavy atom. The quantitative estimate of drug-likeness (QED) is 0.361. The summed E-state index contributed by atoms with van der Waals surface area (Å²) in [5.41, 5.74) is 4.70. The fourth-order valence-corrected chi connectivity index (χ4v) is 5.46. The number of aliphatic imine (C=N–C) groups is 2. The highest BCUT2D eigenvalue weighted by molar-refractivity contribution is 5.86. The van der Waals surface area contributed by atoms with Crippen molar-refractivity contribution < 1.29 is 10.2 Å². The zero-order valence-electron chi connectivity index (χ0n) is 27.7. The molecule has 0 fully saturated rings. The third-order valence-electron chi connectivity index (χ3n) is 7.88. The molecule has 226 valence electrons. The number of nitrogens with zero attached hydrogens (tertiary/aromatic N) is 4. The molecule has 2 N–H and O–H groups in total. The number of hydrogen-bond donors (Lipinski definition) is 2. The van der Waals surface area contributed by atoms with Crippen LogP contribution in [0.15, 0.2) is 34.3 Å². The van der Waals surface area contributed by atoms with E-state index in [2.05, 4.69) is 117 Å². The van der Waals surface area contributed by atoms with Crippen LogP contribution in [0, 0.1) is 0 Å². The molecule has 1 heterocycles. The lowest BCUT2D eigenvalue weighted by Crippen LogP contribution is -2.30. The van der Waals surface area contributed by atoms with Gasteiger partial charge in [-0.15, -0.1) is 0 Å². The van der Waals surface area contributed by atoms with Crippen LogP contribution in [0.5, 0.6) is 11.5 Å². The highest BCUT2D eigenvalue weighted by Gasteiger charge is 2.28. The van der Waals surface area contributed by atoms with E-state index in [0.717, 1.165) is 35.3 Å². The Hall–Kier alpha value is -2.70. The summed E-state index contributed by atoms with van der Waals surface area (Å²) in [4.78, 5) is 14.4. The van der Waals surface area contributed by atoms with Crippen molar-refractivity contribution in [3.8, 4) is 11.5 Å². The van der Waals surface area contributed by atoms with E-state index in [-0.39, 0.29) is 10.8 Å². The van der Waals surface area contributed by atoms with Crippen LogP contribution in [0.2, 0.25) is 0 Å². The van der Waals surface area contributed by atoms with Crippen molar-refractivity contribution >= 4 is 12.4 Å². The van der Waals surface area contributed by atoms with Gasteiger partial charge in [0.25, 0.3) is 0 Å². The molecule has 6 nitrogen and oxygen atoms in total. The lowest BCUT2D eigenvalue weighted by Gasteiger charge is -2.29. The third kappa shape index (κ3) is 8.89. The van der Waals surface area contributed by atoms with Gasteiger partial charge >= 0.3 is 0 Å². The number of benzene rings is 2. The molecule has 0 atom stereocenters. The highest BCUT2D eigenvalue weighted by atomic mass is 16.3. The van der Waals surface area contributed by atoms with Crippen molar-refractivity contribution in [3.05, 3.63) is 57.6 Å². The number of fused-ring (bicyclic) bond motifs is 4. The van der Waals surface area contributed by atoms with Crippen LogP contribution in [0.25, 0.3) is 0 Å². The number of phenolic OH excluding ortho intramolecular Hbond substituents is 2. The van der Waals surface area contributed by atoms with E-state index in [9.17, 15) is 10.2 Å². The van der Waals surface area contributed by atoms with Crippen LogP contribution in [0.1, 0.15) is 109 Å². The van der Waals surface area contributed by atoms with Gasteiger partial charge in [-0.2, -0.15) is 0 Å². The second-order valence-corrected chi connectivity index (χ2v) is 15.4. The molecule has 0 aliphatic carbocycles. The first kappa shape index (κ1) is 32.8. The molecule has 0 amide bonds. The minimum atomic E-state index is -0.423. The van der Waals surface area contributed by atoms with Crippen LogP contribution in [0.4, 0.5) is 0 Å². The standard InChI is InChI=1S/C35H54N4O2/c1-32(2,3)28-15-24-19-36-34(7,8)23-35(9,10)37-20-25-16-29(33(4,5)6)18-27(31(25)41)22-39(12)14-13-38(11)21-26(17-28)30(24)40/h15-20,40-41H,13-14,21-23H2,1-12H3/b36-19+,37-20+. The first-order valence-corrected chi connectivity index (χ1v) is 14.9. The molecule has 0 aromatic heterocycles. The molecular weight excluding hydrogens is 508 g/mol. The summed E-state index contributed by atoms with van der Waals surface area (Å²) in [6.45, 7) is 24.5. The van der Waals surface area contributed by atoms with Crippen molar-refractivity contribution in [2.24, 2.45) is 9.98 Å². The zero-order valence-corrected chi connectivity index (χ0v) is 27.7. The molecule has 1 aliphatic rings. The summed E-state index contributed by atoms with van der Waals surface area (Å²) < 4.78 is 0. The molecule has 0 saturated heterocycles. The number of aromatic hydroxyl groups is 2. The first-order chi connectivity index (χ1) is 18.7. The first-order valence-electron chi connectivity index (χ1n) is 14.9. The minimum absolute atomic E-state index is 0.0625. The Labute approximate surface area is 249 Å². The van der Waals surface area contributed by atoms with E-state index < -0.39 is 11.1 Å². The van der Waals surface area contributed by atoms with Gasteiger partial charge in [0.05, 0.1) is 11.1 Å². The summed E-state index contributed by atoms with van der Waals surface area (Å²) in [6.07, 6.45) is 4.36. The molecule has 2 aromatic rings. The maximum absolute atomic E-state index is 11.3. The summed E-state index contributed by atoms with van der Waals surface area (Å²) >= 11 is 0. The predicted molar refractivity (Wildman–Crippen MR) is 174 cm³/mol. The Morgan fingerprint density at radius 1 is 0.634 bits per heavy atom. The van der Waals surface area contributed by atoms with Crippen LogP contribution in [0.3, 0.4) is 0 Å². The van der Waals surface area contributed by atoms with Gasteiger partial charge in [-0.05, 0) is 82.3 Å². The summed E-state index contributed by atoms with van der Waals surface area (Å²) in [7, 11) is 4.18. The van der Waals surface area contributed by atoms with E-state index in [1.807, 2.05) is 12.4 Å². The van der Waals surface area contributed by atoms with Crippen molar-refractivity contribution in [1.82, 2.24) is 9.80 Å². The molecule has 4 bridgehead atoms. The average Bonchev–Trinajstić information content (AvgIpc) is 2.81. The molecule has 1 aliphatic heterocycles. The van der Waals surface area contributed by atoms with Crippen LogP contribution in [-0.2, 0) is 23.9 Å². The number of likely N-dealkylation sites (N-methyl/N-ethyl adjacent to an activating group) is 2. The number of rotatable bonds is 0. The normalized spacial score (nSPS) is 21.0. The molecule has 41 heavy (non-hydrogen) atoms. The summed E-state index contributed by atoms with van der Waals surface area (Å²) in [5, 5.41) is 22.7. The largest absolute Gasteiger partial charge is 0.507 e. The van der Waals surface area contributed by atoms with Gasteiger partial charge < -0.3 is 20.0 Å². The van der Waals surface area contributed by atoms with Crippen LogP contribution >= 0.6 is 0 Å². The topological polar surface area (TPSA) is 71.7 Å². The molecule has 0 saturated carbocycles.